The summed E-state index contributed by atoms with van der Waals surface area (Å²) in [4.78, 5) is 13.0. The normalized spacial score (nSPS) is 23.6. The summed E-state index contributed by atoms with van der Waals surface area (Å²) in [6, 6.07) is -0.257. The molecule has 0 bridgehead atoms. The van der Waals surface area contributed by atoms with Crippen LogP contribution in [0.5, 0.6) is 0 Å². The lowest BCUT2D eigenvalue weighted by Crippen LogP contribution is -2.44. The number of nitrogens with zero attached hydrogens (tertiary/aromatic N) is 1. The summed E-state index contributed by atoms with van der Waals surface area (Å²) >= 11 is 0. The smallest absolute Gasteiger partial charge is 0.248 e. The van der Waals surface area contributed by atoms with Gasteiger partial charge in [-0.1, -0.05) is 13.8 Å². The number of sulfone groups is 1. The van der Waals surface area contributed by atoms with Gasteiger partial charge in [0.2, 0.25) is 5.91 Å². The molecule has 1 unspecified atom stereocenters. The van der Waals surface area contributed by atoms with E-state index in [2.05, 4.69) is 0 Å². The molecule has 0 aromatic heterocycles. The molecule has 0 aromatic rings. The Morgan fingerprint density at radius 2 is 2.12 bits per heavy atom. The summed E-state index contributed by atoms with van der Waals surface area (Å²) in [6.07, 6.45) is 0.487. The molecule has 1 saturated heterocycles. The van der Waals surface area contributed by atoms with Gasteiger partial charge in [-0.2, -0.15) is 0 Å². The molecule has 16 heavy (non-hydrogen) atoms. The minimum Gasteiger partial charge on any atom is -0.387 e. The molecule has 1 heterocycles. The quantitative estimate of drug-likeness (QED) is 0.739. The first-order valence-electron chi connectivity index (χ1n) is 5.46. The van der Waals surface area contributed by atoms with Crippen LogP contribution in [0.25, 0.3) is 0 Å². The molecular weight excluding hydrogens is 230 g/mol. The van der Waals surface area contributed by atoms with E-state index in [4.69, 9.17) is 5.11 Å². The lowest BCUT2D eigenvalue weighted by atomic mass is 10.1. The fourth-order valence-electron chi connectivity index (χ4n) is 1.96. The molecule has 1 rings (SSSR count). The maximum atomic E-state index is 11.5. The molecule has 0 aromatic carbocycles. The highest BCUT2D eigenvalue weighted by Gasteiger charge is 2.34. The molecule has 1 fully saturated rings. The summed E-state index contributed by atoms with van der Waals surface area (Å²) in [5, 5.41) is 8.87. The van der Waals surface area contributed by atoms with Crippen molar-refractivity contribution in [3.05, 3.63) is 0 Å². The van der Waals surface area contributed by atoms with Gasteiger partial charge in [-0.15, -0.1) is 0 Å². The molecular formula is C10H19NO4S. The van der Waals surface area contributed by atoms with Crippen LogP contribution >= 0.6 is 0 Å². The van der Waals surface area contributed by atoms with Gasteiger partial charge in [0, 0.05) is 12.6 Å². The lowest BCUT2D eigenvalue weighted by molar-refractivity contribution is -0.136. The van der Waals surface area contributed by atoms with E-state index in [1.54, 1.807) is 0 Å². The number of hydrogen-bond donors (Lipinski definition) is 1. The van der Waals surface area contributed by atoms with E-state index in [0.29, 0.717) is 13.0 Å². The highest BCUT2D eigenvalue weighted by Crippen LogP contribution is 2.19. The van der Waals surface area contributed by atoms with Crippen molar-refractivity contribution < 1.29 is 18.3 Å². The van der Waals surface area contributed by atoms with Crippen LogP contribution in [0.2, 0.25) is 0 Å². The van der Waals surface area contributed by atoms with Crippen LogP contribution in [-0.4, -0.2) is 55.0 Å². The van der Waals surface area contributed by atoms with Gasteiger partial charge in [-0.3, -0.25) is 4.79 Å². The Balaban J connectivity index is 2.74. The van der Waals surface area contributed by atoms with Crippen LogP contribution in [0.4, 0.5) is 0 Å². The average Bonchev–Trinajstić information content (AvgIpc) is 2.53. The zero-order valence-electron chi connectivity index (χ0n) is 9.72. The van der Waals surface area contributed by atoms with Crippen molar-refractivity contribution in [2.24, 2.45) is 5.92 Å². The van der Waals surface area contributed by atoms with Gasteiger partial charge in [0.25, 0.3) is 0 Å². The van der Waals surface area contributed by atoms with E-state index >= 15 is 0 Å². The maximum Gasteiger partial charge on any atom is 0.248 e. The van der Waals surface area contributed by atoms with E-state index < -0.39 is 16.4 Å². The summed E-state index contributed by atoms with van der Waals surface area (Å²) in [5.41, 5.74) is 0. The number of rotatable bonds is 4. The molecule has 0 radical (unpaired) electrons. The topological polar surface area (TPSA) is 74.7 Å². The van der Waals surface area contributed by atoms with Crippen LogP contribution < -0.4 is 0 Å². The number of aliphatic hydroxyl groups excluding tert-OH is 1. The fraction of sp³-hybridized carbons (Fsp3) is 0.900. The Hall–Kier alpha value is -0.620. The van der Waals surface area contributed by atoms with Crippen molar-refractivity contribution in [1.82, 2.24) is 4.90 Å². The van der Waals surface area contributed by atoms with Crippen LogP contribution in [0.3, 0.4) is 0 Å². The second-order valence-electron chi connectivity index (χ2n) is 4.65. The molecule has 1 atom stereocenters. The minimum atomic E-state index is -2.99. The highest BCUT2D eigenvalue weighted by molar-refractivity contribution is 7.91. The Kier molecular flexibility index (Phi) is 4.32. The zero-order chi connectivity index (χ0) is 12.3. The van der Waals surface area contributed by atoms with E-state index in [1.807, 2.05) is 13.8 Å². The third-order valence-corrected chi connectivity index (χ3v) is 4.42. The number of carbonyl (C=O) groups is 1. The number of carbonyl (C=O) groups excluding carboxylic acids is 1. The third kappa shape index (κ3) is 3.45. The van der Waals surface area contributed by atoms with Gasteiger partial charge < -0.3 is 10.0 Å². The van der Waals surface area contributed by atoms with Crippen LogP contribution in [0.1, 0.15) is 20.3 Å². The molecule has 0 saturated carbocycles. The first-order valence-corrected chi connectivity index (χ1v) is 7.28. The van der Waals surface area contributed by atoms with Crippen molar-refractivity contribution in [3.8, 4) is 0 Å². The Labute approximate surface area is 96.4 Å². The molecule has 0 spiro atoms. The van der Waals surface area contributed by atoms with Gasteiger partial charge in [0.15, 0.2) is 9.84 Å². The molecule has 1 N–H and O–H groups in total. The Bertz CT molecular complexity index is 350. The Morgan fingerprint density at radius 3 is 2.50 bits per heavy atom. The van der Waals surface area contributed by atoms with E-state index in [-0.39, 0.29) is 29.4 Å². The summed E-state index contributed by atoms with van der Waals surface area (Å²) in [6.45, 7) is 3.87. The second kappa shape index (κ2) is 5.14. The van der Waals surface area contributed by atoms with Crippen molar-refractivity contribution in [3.63, 3.8) is 0 Å². The number of hydrogen-bond acceptors (Lipinski definition) is 4. The molecule has 94 valence electrons. The molecule has 1 aliphatic heterocycles. The van der Waals surface area contributed by atoms with E-state index in [9.17, 15) is 13.2 Å². The predicted molar refractivity (Wildman–Crippen MR) is 60.7 cm³/mol. The molecule has 6 heteroatoms. The lowest BCUT2D eigenvalue weighted by Gasteiger charge is -2.29. The standard InChI is InChI=1S/C10H19NO4S/c1-8(2)5-11(10(13)6-12)9-3-4-16(14,15)7-9/h8-9,12H,3-7H2,1-2H3. The van der Waals surface area contributed by atoms with E-state index in [0.717, 1.165) is 0 Å². The maximum absolute atomic E-state index is 11.5. The predicted octanol–water partition coefficient (Wildman–Crippen LogP) is -0.350. The molecule has 0 aliphatic carbocycles. The molecule has 1 aliphatic rings. The Morgan fingerprint density at radius 1 is 1.50 bits per heavy atom. The highest BCUT2D eigenvalue weighted by atomic mass is 32.2. The largest absolute Gasteiger partial charge is 0.387 e. The average molecular weight is 249 g/mol. The van der Waals surface area contributed by atoms with E-state index in [1.165, 1.54) is 4.90 Å². The summed E-state index contributed by atoms with van der Waals surface area (Å²) in [5.74, 6) is 0.0609. The first kappa shape index (κ1) is 13.4. The monoisotopic (exact) mass is 249 g/mol. The third-order valence-electron chi connectivity index (χ3n) is 2.67. The van der Waals surface area contributed by atoms with Gasteiger partial charge >= 0.3 is 0 Å². The minimum absolute atomic E-state index is 0.0332. The molecule has 1 amide bonds. The van der Waals surface area contributed by atoms with Crippen LogP contribution in [0, 0.1) is 5.92 Å². The van der Waals surface area contributed by atoms with Crippen LogP contribution in [-0.2, 0) is 14.6 Å². The van der Waals surface area contributed by atoms with Crippen molar-refractivity contribution in [2.75, 3.05) is 24.7 Å². The number of aliphatic hydroxyl groups is 1. The van der Waals surface area contributed by atoms with Gasteiger partial charge in [0.1, 0.15) is 6.61 Å². The van der Waals surface area contributed by atoms with Crippen LogP contribution in [0.15, 0.2) is 0 Å². The molecule has 5 nitrogen and oxygen atoms in total. The fourth-order valence-corrected chi connectivity index (χ4v) is 3.69. The van der Waals surface area contributed by atoms with Gasteiger partial charge in [-0.05, 0) is 12.3 Å². The summed E-state index contributed by atoms with van der Waals surface area (Å²) in [7, 11) is -2.99. The van der Waals surface area contributed by atoms with Crippen molar-refractivity contribution >= 4 is 15.7 Å². The summed E-state index contributed by atoms with van der Waals surface area (Å²) < 4.78 is 22.7. The zero-order valence-corrected chi connectivity index (χ0v) is 10.5. The first-order chi connectivity index (χ1) is 7.35. The van der Waals surface area contributed by atoms with Crippen molar-refractivity contribution in [1.29, 1.82) is 0 Å². The van der Waals surface area contributed by atoms with Gasteiger partial charge in [-0.25, -0.2) is 8.42 Å². The van der Waals surface area contributed by atoms with Gasteiger partial charge in [0.05, 0.1) is 11.5 Å². The second-order valence-corrected chi connectivity index (χ2v) is 6.88. The SMILES string of the molecule is CC(C)CN(C(=O)CO)C1CCS(=O)(=O)C1. The number of amides is 1. The van der Waals surface area contributed by atoms with Crippen molar-refractivity contribution in [2.45, 2.75) is 26.3 Å².